The van der Waals surface area contributed by atoms with E-state index in [1.54, 1.807) is 19.1 Å². The summed E-state index contributed by atoms with van der Waals surface area (Å²) in [5, 5.41) is 3.22. The summed E-state index contributed by atoms with van der Waals surface area (Å²) in [7, 11) is 0. The van der Waals surface area contributed by atoms with Crippen molar-refractivity contribution in [2.75, 3.05) is 5.32 Å². The molecule has 1 aromatic rings. The lowest BCUT2D eigenvalue weighted by Crippen LogP contribution is -2.24. The number of nitrogens with two attached hydrogens (primary N) is 1. The van der Waals surface area contributed by atoms with Crippen molar-refractivity contribution in [2.24, 2.45) is 5.73 Å². The van der Waals surface area contributed by atoms with Crippen molar-refractivity contribution >= 4 is 23.2 Å². The average Bonchev–Trinajstić information content (AvgIpc) is 2.07. The van der Waals surface area contributed by atoms with E-state index >= 15 is 0 Å². The Bertz CT molecular complexity index is 326. The molecule has 0 saturated heterocycles. The number of anilines is 1. The summed E-state index contributed by atoms with van der Waals surface area (Å²) in [5.41, 5.74) is 6.12. The van der Waals surface area contributed by atoms with Crippen LogP contribution in [0.1, 0.15) is 13.3 Å². The van der Waals surface area contributed by atoms with Crippen LogP contribution in [0, 0.1) is 0 Å². The maximum absolute atomic E-state index is 11.3. The number of nitrogens with one attached hydrogen (secondary N) is 1. The fourth-order valence-corrected chi connectivity index (χ4v) is 1.24. The topological polar surface area (TPSA) is 55.1 Å². The third kappa shape index (κ3) is 3.36. The van der Waals surface area contributed by atoms with Gasteiger partial charge in [-0.25, -0.2) is 0 Å². The molecular formula is C10H13ClN2O. The molecule has 0 saturated carbocycles. The number of hydrogen-bond donors (Lipinski definition) is 2. The Balaban J connectivity index is 2.61. The van der Waals surface area contributed by atoms with Crippen LogP contribution in [0.4, 0.5) is 5.69 Å². The quantitative estimate of drug-likeness (QED) is 0.806. The molecule has 0 fully saturated rings. The SMILES string of the molecule is CC(N)CC(=O)Nc1ccccc1Cl. The zero-order valence-electron chi connectivity index (χ0n) is 7.96. The molecule has 3 nitrogen and oxygen atoms in total. The summed E-state index contributed by atoms with van der Waals surface area (Å²) in [6, 6.07) is 6.96. The molecule has 76 valence electrons. The van der Waals surface area contributed by atoms with E-state index < -0.39 is 0 Å². The molecular weight excluding hydrogens is 200 g/mol. The van der Waals surface area contributed by atoms with Crippen molar-refractivity contribution in [3.8, 4) is 0 Å². The number of para-hydroxylation sites is 1. The fourth-order valence-electron chi connectivity index (χ4n) is 1.06. The minimum absolute atomic E-state index is 0.117. The van der Waals surface area contributed by atoms with Gasteiger partial charge in [-0.15, -0.1) is 0 Å². The summed E-state index contributed by atoms with van der Waals surface area (Å²) in [6.07, 6.45) is 0.297. The van der Waals surface area contributed by atoms with E-state index in [4.69, 9.17) is 17.3 Å². The maximum Gasteiger partial charge on any atom is 0.225 e. The van der Waals surface area contributed by atoms with Crippen LogP contribution in [0.3, 0.4) is 0 Å². The molecule has 0 bridgehead atoms. The molecule has 0 radical (unpaired) electrons. The number of benzene rings is 1. The number of rotatable bonds is 3. The van der Waals surface area contributed by atoms with E-state index in [9.17, 15) is 4.79 Å². The van der Waals surface area contributed by atoms with E-state index in [-0.39, 0.29) is 11.9 Å². The molecule has 14 heavy (non-hydrogen) atoms. The molecule has 0 spiro atoms. The van der Waals surface area contributed by atoms with Gasteiger partial charge in [-0.1, -0.05) is 23.7 Å². The van der Waals surface area contributed by atoms with Gasteiger partial charge in [0, 0.05) is 12.5 Å². The molecule has 3 N–H and O–H groups in total. The van der Waals surface area contributed by atoms with Crippen molar-refractivity contribution in [1.29, 1.82) is 0 Å². The van der Waals surface area contributed by atoms with Crippen molar-refractivity contribution in [3.63, 3.8) is 0 Å². The van der Waals surface area contributed by atoms with Crippen LogP contribution < -0.4 is 11.1 Å². The zero-order valence-corrected chi connectivity index (χ0v) is 8.71. The minimum Gasteiger partial charge on any atom is -0.327 e. The van der Waals surface area contributed by atoms with Crippen LogP contribution in [0.5, 0.6) is 0 Å². The number of amides is 1. The van der Waals surface area contributed by atoms with Crippen molar-refractivity contribution < 1.29 is 4.79 Å². The number of carbonyl (C=O) groups is 1. The maximum atomic E-state index is 11.3. The first kappa shape index (κ1) is 11.0. The monoisotopic (exact) mass is 212 g/mol. The van der Waals surface area contributed by atoms with Crippen LogP contribution >= 0.6 is 11.6 Å². The molecule has 0 heterocycles. The lowest BCUT2D eigenvalue weighted by atomic mass is 10.2. The van der Waals surface area contributed by atoms with Gasteiger partial charge in [0.2, 0.25) is 5.91 Å². The molecule has 0 aliphatic rings. The smallest absolute Gasteiger partial charge is 0.225 e. The van der Waals surface area contributed by atoms with Gasteiger partial charge < -0.3 is 11.1 Å². The second-order valence-electron chi connectivity index (χ2n) is 3.21. The van der Waals surface area contributed by atoms with E-state index in [1.165, 1.54) is 0 Å². The molecule has 1 unspecified atom stereocenters. The second kappa shape index (κ2) is 4.98. The van der Waals surface area contributed by atoms with Gasteiger partial charge in [0.1, 0.15) is 0 Å². The molecule has 0 aliphatic heterocycles. The molecule has 0 aliphatic carbocycles. The Morgan fingerprint density at radius 2 is 2.21 bits per heavy atom. The second-order valence-corrected chi connectivity index (χ2v) is 3.62. The predicted molar refractivity (Wildman–Crippen MR) is 58.3 cm³/mol. The third-order valence-electron chi connectivity index (χ3n) is 1.66. The highest BCUT2D eigenvalue weighted by Gasteiger charge is 2.06. The first-order valence-corrected chi connectivity index (χ1v) is 4.77. The third-order valence-corrected chi connectivity index (χ3v) is 1.98. The summed E-state index contributed by atoms with van der Waals surface area (Å²) in [5.74, 6) is -0.117. The summed E-state index contributed by atoms with van der Waals surface area (Å²) in [4.78, 5) is 11.3. The van der Waals surface area contributed by atoms with E-state index in [1.807, 2.05) is 12.1 Å². The summed E-state index contributed by atoms with van der Waals surface area (Å²) in [6.45, 7) is 1.78. The molecule has 1 atom stereocenters. The molecule has 1 amide bonds. The van der Waals surface area contributed by atoms with Gasteiger partial charge in [-0.05, 0) is 19.1 Å². The predicted octanol–water partition coefficient (Wildman–Crippen LogP) is 2.02. The van der Waals surface area contributed by atoms with Crippen molar-refractivity contribution in [3.05, 3.63) is 29.3 Å². The Labute approximate surface area is 88.2 Å². The summed E-state index contributed by atoms with van der Waals surface area (Å²) >= 11 is 5.86. The Kier molecular flexibility index (Phi) is 3.92. The lowest BCUT2D eigenvalue weighted by Gasteiger charge is -2.08. The first-order chi connectivity index (χ1) is 6.59. The van der Waals surface area contributed by atoms with Crippen molar-refractivity contribution in [2.45, 2.75) is 19.4 Å². The van der Waals surface area contributed by atoms with Crippen LogP contribution in [0.2, 0.25) is 5.02 Å². The molecule has 1 rings (SSSR count). The van der Waals surface area contributed by atoms with E-state index in [0.29, 0.717) is 17.1 Å². The van der Waals surface area contributed by atoms with Crippen LogP contribution in [0.25, 0.3) is 0 Å². The van der Waals surface area contributed by atoms with Gasteiger partial charge in [0.25, 0.3) is 0 Å². The lowest BCUT2D eigenvalue weighted by molar-refractivity contribution is -0.116. The zero-order chi connectivity index (χ0) is 10.6. The summed E-state index contributed by atoms with van der Waals surface area (Å²) < 4.78 is 0. The van der Waals surface area contributed by atoms with Gasteiger partial charge in [0.05, 0.1) is 10.7 Å². The van der Waals surface area contributed by atoms with Gasteiger partial charge in [0.15, 0.2) is 0 Å². The van der Waals surface area contributed by atoms with E-state index in [0.717, 1.165) is 0 Å². The highest BCUT2D eigenvalue weighted by atomic mass is 35.5. The van der Waals surface area contributed by atoms with Gasteiger partial charge >= 0.3 is 0 Å². The largest absolute Gasteiger partial charge is 0.327 e. The minimum atomic E-state index is -0.141. The Morgan fingerprint density at radius 1 is 1.57 bits per heavy atom. The van der Waals surface area contributed by atoms with E-state index in [2.05, 4.69) is 5.32 Å². The normalized spacial score (nSPS) is 12.2. The first-order valence-electron chi connectivity index (χ1n) is 4.39. The average molecular weight is 213 g/mol. The highest BCUT2D eigenvalue weighted by molar-refractivity contribution is 6.33. The van der Waals surface area contributed by atoms with Gasteiger partial charge in [-0.2, -0.15) is 0 Å². The molecule has 0 aromatic heterocycles. The fraction of sp³-hybridized carbons (Fsp3) is 0.300. The standard InChI is InChI=1S/C10H13ClN2O/c1-7(12)6-10(14)13-9-5-3-2-4-8(9)11/h2-5,7H,6,12H2,1H3,(H,13,14). The highest BCUT2D eigenvalue weighted by Crippen LogP contribution is 2.20. The van der Waals surface area contributed by atoms with Gasteiger partial charge in [-0.3, -0.25) is 4.79 Å². The Morgan fingerprint density at radius 3 is 2.79 bits per heavy atom. The Hall–Kier alpha value is -1.06. The molecule has 4 heteroatoms. The van der Waals surface area contributed by atoms with Crippen LogP contribution in [0.15, 0.2) is 24.3 Å². The van der Waals surface area contributed by atoms with Crippen LogP contribution in [-0.4, -0.2) is 11.9 Å². The molecule has 1 aromatic carbocycles. The number of halogens is 1. The van der Waals surface area contributed by atoms with Crippen LogP contribution in [-0.2, 0) is 4.79 Å². The number of hydrogen-bond acceptors (Lipinski definition) is 2. The van der Waals surface area contributed by atoms with Crippen molar-refractivity contribution in [1.82, 2.24) is 0 Å². The number of carbonyl (C=O) groups excluding carboxylic acids is 1.